The quantitative estimate of drug-likeness (QED) is 0.572. The maximum Gasteiger partial charge on any atom is 0.256 e. The number of hydrogen-bond donors (Lipinski definition) is 1. The van der Waals surface area contributed by atoms with Crippen molar-refractivity contribution >= 4 is 33.4 Å². The highest BCUT2D eigenvalue weighted by atomic mass is 32.2. The van der Waals surface area contributed by atoms with Crippen LogP contribution in [0.2, 0.25) is 0 Å². The molecule has 2 saturated heterocycles. The molecule has 0 aromatic heterocycles. The van der Waals surface area contributed by atoms with Crippen LogP contribution in [0.1, 0.15) is 30.1 Å². The Hall–Kier alpha value is -1.91. The highest BCUT2D eigenvalue weighted by Crippen LogP contribution is 2.28. The summed E-state index contributed by atoms with van der Waals surface area (Å²) in [5, 5.41) is 2.90. The molecule has 1 amide bonds. The monoisotopic (exact) mass is 489 g/mol. The fourth-order valence-electron chi connectivity index (χ4n) is 4.08. The lowest BCUT2D eigenvalue weighted by Crippen LogP contribution is -2.48. The summed E-state index contributed by atoms with van der Waals surface area (Å²) in [5.74, 6) is 0.611. The van der Waals surface area contributed by atoms with Gasteiger partial charge in [0.1, 0.15) is 0 Å². The highest BCUT2D eigenvalue weighted by molar-refractivity contribution is 7.99. The molecule has 2 aromatic rings. The number of thioether (sulfide) groups is 1. The molecule has 0 spiro atoms. The molecule has 33 heavy (non-hydrogen) atoms. The van der Waals surface area contributed by atoms with Crippen LogP contribution in [0.3, 0.4) is 0 Å². The molecule has 0 radical (unpaired) electrons. The molecule has 0 aliphatic carbocycles. The largest absolute Gasteiger partial charge is 0.377 e. The maximum atomic E-state index is 13.0. The number of benzene rings is 2. The second-order valence-corrected chi connectivity index (χ2v) is 11.3. The van der Waals surface area contributed by atoms with Crippen LogP contribution in [0.5, 0.6) is 0 Å². The van der Waals surface area contributed by atoms with Crippen LogP contribution in [0.15, 0.2) is 58.3 Å². The van der Waals surface area contributed by atoms with Crippen molar-refractivity contribution in [2.45, 2.75) is 35.7 Å². The summed E-state index contributed by atoms with van der Waals surface area (Å²) in [6.45, 7) is 6.30. The summed E-state index contributed by atoms with van der Waals surface area (Å²) >= 11 is 1.63. The van der Waals surface area contributed by atoms with Gasteiger partial charge in [-0.3, -0.25) is 4.79 Å². The fourth-order valence-corrected chi connectivity index (χ4v) is 6.62. The lowest BCUT2D eigenvalue weighted by molar-refractivity contribution is 0.102. The Morgan fingerprint density at radius 2 is 1.82 bits per heavy atom. The summed E-state index contributed by atoms with van der Waals surface area (Å²) in [4.78, 5) is 16.3. The van der Waals surface area contributed by atoms with Crippen LogP contribution in [-0.4, -0.2) is 74.7 Å². The van der Waals surface area contributed by atoms with Crippen molar-refractivity contribution in [2.24, 2.45) is 0 Å². The Labute approximate surface area is 200 Å². The maximum absolute atomic E-state index is 13.0. The van der Waals surface area contributed by atoms with Gasteiger partial charge in [-0.15, -0.1) is 11.8 Å². The van der Waals surface area contributed by atoms with Crippen molar-refractivity contribution < 1.29 is 17.9 Å². The standard InChI is InChI=1S/C24H31N3O4S2/c1-2-26-13-15-27(16-14-26)33(29,30)21-11-9-19(10-12-21)25-24(28)22-7-3-4-8-23(22)32-18-20-6-5-17-31-20/h3-4,7-12,20H,2,5-6,13-18H2,1H3,(H,25,28). The van der Waals surface area contributed by atoms with Crippen molar-refractivity contribution in [3.8, 4) is 0 Å². The predicted octanol–water partition coefficient (Wildman–Crippen LogP) is 3.54. The van der Waals surface area contributed by atoms with E-state index in [-0.39, 0.29) is 16.9 Å². The van der Waals surface area contributed by atoms with Crippen LogP contribution in [-0.2, 0) is 14.8 Å². The molecule has 1 unspecified atom stereocenters. The molecule has 2 aliphatic rings. The molecule has 178 valence electrons. The number of ether oxygens (including phenoxy) is 1. The van der Waals surface area contributed by atoms with Gasteiger partial charge in [0.15, 0.2) is 0 Å². The fraction of sp³-hybridized carbons (Fsp3) is 0.458. The minimum atomic E-state index is -3.53. The van der Waals surface area contributed by atoms with E-state index >= 15 is 0 Å². The van der Waals surface area contributed by atoms with Crippen molar-refractivity contribution in [2.75, 3.05) is 50.4 Å². The van der Waals surface area contributed by atoms with Crippen molar-refractivity contribution in [1.82, 2.24) is 9.21 Å². The van der Waals surface area contributed by atoms with Gasteiger partial charge in [-0.2, -0.15) is 4.31 Å². The zero-order valence-electron chi connectivity index (χ0n) is 18.9. The third-order valence-electron chi connectivity index (χ3n) is 6.11. The minimum Gasteiger partial charge on any atom is -0.377 e. The van der Waals surface area contributed by atoms with E-state index in [1.165, 1.54) is 4.31 Å². The molecule has 2 heterocycles. The number of piperazine rings is 1. The second kappa shape index (κ2) is 11.0. The summed E-state index contributed by atoms with van der Waals surface area (Å²) in [6, 6.07) is 14.0. The summed E-state index contributed by atoms with van der Waals surface area (Å²) in [5.41, 5.74) is 1.17. The number of nitrogens with one attached hydrogen (secondary N) is 1. The van der Waals surface area contributed by atoms with Gasteiger partial charge in [-0.1, -0.05) is 19.1 Å². The molecule has 9 heteroatoms. The first kappa shape index (κ1) is 24.2. The average Bonchev–Trinajstić information content (AvgIpc) is 3.37. The Balaban J connectivity index is 1.39. The molecule has 2 aromatic carbocycles. The van der Waals surface area contributed by atoms with Gasteiger partial charge in [0.05, 0.1) is 16.6 Å². The van der Waals surface area contributed by atoms with E-state index < -0.39 is 10.0 Å². The van der Waals surface area contributed by atoms with E-state index in [4.69, 9.17) is 4.74 Å². The van der Waals surface area contributed by atoms with E-state index in [2.05, 4.69) is 17.1 Å². The van der Waals surface area contributed by atoms with Gasteiger partial charge in [0.2, 0.25) is 10.0 Å². The molecule has 2 fully saturated rings. The zero-order valence-corrected chi connectivity index (χ0v) is 20.5. The Kier molecular flexibility index (Phi) is 8.08. The second-order valence-electron chi connectivity index (χ2n) is 8.26. The molecule has 2 aliphatic heterocycles. The molecule has 4 rings (SSSR count). The number of likely N-dealkylation sites (N-methyl/N-ethyl adjacent to an activating group) is 1. The molecule has 1 N–H and O–H groups in total. The first-order valence-electron chi connectivity index (χ1n) is 11.4. The average molecular weight is 490 g/mol. The summed E-state index contributed by atoms with van der Waals surface area (Å²) in [7, 11) is -3.53. The lowest BCUT2D eigenvalue weighted by Gasteiger charge is -2.33. The number of carbonyl (C=O) groups is 1. The number of rotatable bonds is 8. The number of sulfonamides is 1. The summed E-state index contributed by atoms with van der Waals surface area (Å²) < 4.78 is 33.2. The lowest BCUT2D eigenvalue weighted by atomic mass is 10.2. The van der Waals surface area contributed by atoms with Gasteiger partial charge in [0, 0.05) is 49.1 Å². The number of hydrogen-bond acceptors (Lipinski definition) is 6. The Morgan fingerprint density at radius 1 is 1.09 bits per heavy atom. The van der Waals surface area contributed by atoms with Gasteiger partial charge in [-0.25, -0.2) is 8.42 Å². The summed E-state index contributed by atoms with van der Waals surface area (Å²) in [6.07, 6.45) is 2.39. The predicted molar refractivity (Wildman–Crippen MR) is 131 cm³/mol. The highest BCUT2D eigenvalue weighted by Gasteiger charge is 2.28. The Bertz CT molecular complexity index is 1050. The first-order chi connectivity index (χ1) is 16.0. The molecule has 7 nitrogen and oxygen atoms in total. The van der Waals surface area contributed by atoms with E-state index in [0.29, 0.717) is 24.3 Å². The molecular formula is C24H31N3O4S2. The van der Waals surface area contributed by atoms with Crippen LogP contribution in [0, 0.1) is 0 Å². The van der Waals surface area contributed by atoms with Crippen LogP contribution in [0.25, 0.3) is 0 Å². The van der Waals surface area contributed by atoms with Crippen molar-refractivity contribution in [1.29, 1.82) is 0 Å². The molecular weight excluding hydrogens is 458 g/mol. The normalized spacial score (nSPS) is 20.1. The smallest absolute Gasteiger partial charge is 0.256 e. The van der Waals surface area contributed by atoms with Crippen molar-refractivity contribution in [3.05, 3.63) is 54.1 Å². The van der Waals surface area contributed by atoms with Gasteiger partial charge in [0.25, 0.3) is 5.91 Å². The van der Waals surface area contributed by atoms with Crippen LogP contribution >= 0.6 is 11.8 Å². The third-order valence-corrected chi connectivity index (χ3v) is 9.23. The van der Waals surface area contributed by atoms with Crippen molar-refractivity contribution in [3.63, 3.8) is 0 Å². The number of carbonyl (C=O) groups excluding carboxylic acids is 1. The number of nitrogens with zero attached hydrogens (tertiary/aromatic N) is 2. The number of amides is 1. The molecule has 0 bridgehead atoms. The zero-order chi connectivity index (χ0) is 23.3. The SMILES string of the molecule is CCN1CCN(S(=O)(=O)c2ccc(NC(=O)c3ccccc3SCC3CCCO3)cc2)CC1. The van der Waals surface area contributed by atoms with E-state index in [9.17, 15) is 13.2 Å². The first-order valence-corrected chi connectivity index (χ1v) is 13.9. The Morgan fingerprint density at radius 3 is 2.48 bits per heavy atom. The van der Waals surface area contributed by atoms with Gasteiger partial charge >= 0.3 is 0 Å². The third kappa shape index (κ3) is 5.96. The van der Waals surface area contributed by atoms with E-state index in [0.717, 1.165) is 49.7 Å². The molecule has 1 atom stereocenters. The van der Waals surface area contributed by atoms with E-state index in [1.807, 2.05) is 24.3 Å². The van der Waals surface area contributed by atoms with Gasteiger partial charge in [-0.05, 0) is 55.8 Å². The number of anilines is 1. The van der Waals surface area contributed by atoms with Crippen LogP contribution in [0.4, 0.5) is 5.69 Å². The van der Waals surface area contributed by atoms with Gasteiger partial charge < -0.3 is 15.0 Å². The topological polar surface area (TPSA) is 79.0 Å². The van der Waals surface area contributed by atoms with E-state index in [1.54, 1.807) is 36.0 Å². The minimum absolute atomic E-state index is 0.211. The van der Waals surface area contributed by atoms with Crippen LogP contribution < -0.4 is 5.32 Å². The molecule has 0 saturated carbocycles.